The number of carbonyl (C=O) groups is 2. The highest BCUT2D eigenvalue weighted by atomic mass is 32.1. The van der Waals surface area contributed by atoms with Gasteiger partial charge in [0, 0.05) is 23.5 Å². The van der Waals surface area contributed by atoms with Crippen LogP contribution in [0.2, 0.25) is 0 Å². The maximum atomic E-state index is 12.5. The SMILES string of the molecule is Cc1ncc(C(=O)OCC(=O)c2cc(C)n(Cc3ccccc3)c2C)s1. The summed E-state index contributed by atoms with van der Waals surface area (Å²) >= 11 is 1.25. The minimum absolute atomic E-state index is 0.202. The van der Waals surface area contributed by atoms with Gasteiger partial charge in [-0.3, -0.25) is 4.79 Å². The molecule has 0 saturated heterocycles. The van der Waals surface area contributed by atoms with E-state index >= 15 is 0 Å². The van der Waals surface area contributed by atoms with E-state index < -0.39 is 5.97 Å². The molecule has 0 amide bonds. The van der Waals surface area contributed by atoms with E-state index in [1.54, 1.807) is 0 Å². The normalized spacial score (nSPS) is 10.7. The molecule has 3 aromatic rings. The Kier molecular flexibility index (Phi) is 5.32. The van der Waals surface area contributed by atoms with Crippen molar-refractivity contribution in [2.24, 2.45) is 0 Å². The molecule has 0 saturated carbocycles. The van der Waals surface area contributed by atoms with Crippen LogP contribution in [0.1, 0.15) is 42.0 Å². The summed E-state index contributed by atoms with van der Waals surface area (Å²) in [5.74, 6) is -0.714. The van der Waals surface area contributed by atoms with Crippen molar-refractivity contribution in [1.29, 1.82) is 0 Å². The van der Waals surface area contributed by atoms with Crippen LogP contribution in [0, 0.1) is 20.8 Å². The van der Waals surface area contributed by atoms with Gasteiger partial charge in [-0.15, -0.1) is 11.3 Å². The minimum Gasteiger partial charge on any atom is -0.453 e. The van der Waals surface area contributed by atoms with Gasteiger partial charge in [-0.1, -0.05) is 30.3 Å². The van der Waals surface area contributed by atoms with E-state index in [4.69, 9.17) is 4.74 Å². The minimum atomic E-state index is -0.512. The molecule has 0 aliphatic heterocycles. The number of aromatic nitrogens is 2. The Morgan fingerprint density at radius 1 is 1.15 bits per heavy atom. The summed E-state index contributed by atoms with van der Waals surface area (Å²) in [5, 5.41) is 0.785. The van der Waals surface area contributed by atoms with Crippen LogP contribution in [-0.4, -0.2) is 27.9 Å². The fraction of sp³-hybridized carbons (Fsp3) is 0.250. The highest BCUT2D eigenvalue weighted by molar-refractivity contribution is 7.13. The van der Waals surface area contributed by atoms with Gasteiger partial charge < -0.3 is 9.30 Å². The summed E-state index contributed by atoms with van der Waals surface area (Å²) in [6, 6.07) is 11.9. The number of esters is 1. The fourth-order valence-electron chi connectivity index (χ4n) is 2.83. The number of ether oxygens (including phenoxy) is 1. The second-order valence-electron chi connectivity index (χ2n) is 6.10. The number of aryl methyl sites for hydroxylation is 2. The molecule has 0 aliphatic carbocycles. The molecule has 6 heteroatoms. The molecule has 0 fully saturated rings. The smallest absolute Gasteiger partial charge is 0.350 e. The molecule has 5 nitrogen and oxygen atoms in total. The first-order valence-corrected chi connectivity index (χ1v) is 9.10. The molecule has 0 unspecified atom stereocenters. The van der Waals surface area contributed by atoms with Crippen LogP contribution in [-0.2, 0) is 11.3 Å². The quantitative estimate of drug-likeness (QED) is 0.488. The topological polar surface area (TPSA) is 61.2 Å². The van der Waals surface area contributed by atoms with Crippen LogP contribution < -0.4 is 0 Å². The molecule has 3 rings (SSSR count). The predicted molar refractivity (Wildman–Crippen MR) is 101 cm³/mol. The Morgan fingerprint density at radius 2 is 1.88 bits per heavy atom. The van der Waals surface area contributed by atoms with Gasteiger partial charge in [0.1, 0.15) is 4.88 Å². The van der Waals surface area contributed by atoms with E-state index in [1.165, 1.54) is 23.1 Å². The zero-order valence-electron chi connectivity index (χ0n) is 15.0. The van der Waals surface area contributed by atoms with Gasteiger partial charge in [0.2, 0.25) is 5.78 Å². The zero-order chi connectivity index (χ0) is 18.7. The monoisotopic (exact) mass is 368 g/mol. The maximum absolute atomic E-state index is 12.5. The molecule has 1 aromatic carbocycles. The van der Waals surface area contributed by atoms with Gasteiger partial charge in [0.25, 0.3) is 0 Å². The molecule has 2 aromatic heterocycles. The summed E-state index contributed by atoms with van der Waals surface area (Å²) in [6.45, 7) is 6.13. The standard InChI is InChI=1S/C20H20N2O3S/c1-13-9-17(14(2)22(13)11-16-7-5-4-6-8-16)18(23)12-25-20(24)19-10-21-15(3)26-19/h4-10H,11-12H2,1-3H3. The number of Topliss-reactive ketones (excluding diaryl/α,β-unsaturated/α-hetero) is 1. The van der Waals surface area contributed by atoms with E-state index in [0.29, 0.717) is 17.0 Å². The van der Waals surface area contributed by atoms with E-state index in [9.17, 15) is 9.59 Å². The van der Waals surface area contributed by atoms with Crippen LogP contribution in [0.5, 0.6) is 0 Å². The fourth-order valence-corrected chi connectivity index (χ4v) is 3.50. The number of benzene rings is 1. The molecular weight excluding hydrogens is 348 g/mol. The molecule has 0 spiro atoms. The second-order valence-corrected chi connectivity index (χ2v) is 7.33. The lowest BCUT2D eigenvalue weighted by molar-refractivity contribution is 0.0479. The molecular formula is C20H20N2O3S. The average Bonchev–Trinajstić information content (AvgIpc) is 3.19. The Balaban J connectivity index is 1.70. The number of ketones is 1. The number of thiazole rings is 1. The summed E-state index contributed by atoms with van der Waals surface area (Å²) in [7, 11) is 0. The summed E-state index contributed by atoms with van der Waals surface area (Å²) in [4.78, 5) is 28.9. The lowest BCUT2D eigenvalue weighted by atomic mass is 10.1. The highest BCUT2D eigenvalue weighted by Crippen LogP contribution is 2.18. The van der Waals surface area contributed by atoms with Gasteiger partial charge in [-0.05, 0) is 32.4 Å². The Morgan fingerprint density at radius 3 is 2.54 bits per heavy atom. The summed E-state index contributed by atoms with van der Waals surface area (Å²) < 4.78 is 7.25. The summed E-state index contributed by atoms with van der Waals surface area (Å²) in [5.41, 5.74) is 3.63. The van der Waals surface area contributed by atoms with E-state index in [-0.39, 0.29) is 12.4 Å². The van der Waals surface area contributed by atoms with E-state index in [2.05, 4.69) is 21.7 Å². The first-order valence-electron chi connectivity index (χ1n) is 8.29. The number of rotatable bonds is 6. The van der Waals surface area contributed by atoms with Crippen LogP contribution in [0.4, 0.5) is 0 Å². The lowest BCUT2D eigenvalue weighted by Gasteiger charge is -2.10. The number of nitrogens with zero attached hydrogens (tertiary/aromatic N) is 2. The van der Waals surface area contributed by atoms with Gasteiger partial charge in [0.15, 0.2) is 6.61 Å². The molecule has 0 aliphatic rings. The van der Waals surface area contributed by atoms with Crippen molar-refractivity contribution in [3.05, 3.63) is 75.0 Å². The van der Waals surface area contributed by atoms with Crippen molar-refractivity contribution < 1.29 is 14.3 Å². The van der Waals surface area contributed by atoms with Gasteiger partial charge in [-0.2, -0.15) is 0 Å². The van der Waals surface area contributed by atoms with Crippen LogP contribution in [0.15, 0.2) is 42.6 Å². The van der Waals surface area contributed by atoms with Crippen molar-refractivity contribution >= 4 is 23.1 Å². The molecule has 26 heavy (non-hydrogen) atoms. The zero-order valence-corrected chi connectivity index (χ0v) is 15.8. The van der Waals surface area contributed by atoms with E-state index in [1.807, 2.05) is 45.0 Å². The molecule has 2 heterocycles. The third-order valence-electron chi connectivity index (χ3n) is 4.21. The van der Waals surface area contributed by atoms with Crippen molar-refractivity contribution in [1.82, 2.24) is 9.55 Å². The van der Waals surface area contributed by atoms with Crippen LogP contribution in [0.25, 0.3) is 0 Å². The van der Waals surface area contributed by atoms with Crippen molar-refractivity contribution in [3.8, 4) is 0 Å². The predicted octanol–water partition coefficient (Wildman–Crippen LogP) is 3.96. The van der Waals surface area contributed by atoms with Gasteiger partial charge >= 0.3 is 5.97 Å². The molecule has 0 bridgehead atoms. The second kappa shape index (κ2) is 7.66. The maximum Gasteiger partial charge on any atom is 0.350 e. The number of hydrogen-bond donors (Lipinski definition) is 0. The Bertz CT molecular complexity index is 941. The third kappa shape index (κ3) is 3.91. The van der Waals surface area contributed by atoms with Crippen molar-refractivity contribution in [2.75, 3.05) is 6.61 Å². The molecule has 0 N–H and O–H groups in total. The van der Waals surface area contributed by atoms with E-state index in [0.717, 1.165) is 16.4 Å². The number of hydrogen-bond acceptors (Lipinski definition) is 5. The molecule has 0 radical (unpaired) electrons. The van der Waals surface area contributed by atoms with Crippen molar-refractivity contribution in [2.45, 2.75) is 27.3 Å². The summed E-state index contributed by atoms with van der Waals surface area (Å²) in [6.07, 6.45) is 1.47. The van der Waals surface area contributed by atoms with Crippen molar-refractivity contribution in [3.63, 3.8) is 0 Å². The lowest BCUT2D eigenvalue weighted by Crippen LogP contribution is -2.14. The van der Waals surface area contributed by atoms with Gasteiger partial charge in [0.05, 0.1) is 11.2 Å². The van der Waals surface area contributed by atoms with Gasteiger partial charge in [-0.25, -0.2) is 9.78 Å². The largest absolute Gasteiger partial charge is 0.453 e. The Hall–Kier alpha value is -2.73. The first-order chi connectivity index (χ1) is 12.5. The molecule has 134 valence electrons. The first kappa shape index (κ1) is 18.1. The van der Waals surface area contributed by atoms with Crippen LogP contribution >= 0.6 is 11.3 Å². The number of carbonyl (C=O) groups excluding carboxylic acids is 2. The average molecular weight is 368 g/mol. The third-order valence-corrected chi connectivity index (χ3v) is 5.11. The Labute approximate surface area is 156 Å². The molecule has 0 atom stereocenters. The van der Waals surface area contributed by atoms with Crippen LogP contribution in [0.3, 0.4) is 0 Å². The highest BCUT2D eigenvalue weighted by Gasteiger charge is 2.18.